The number of rotatable bonds is 7. The van der Waals surface area contributed by atoms with Crippen molar-refractivity contribution < 1.29 is 22.6 Å². The average molecular weight is 392 g/mol. The van der Waals surface area contributed by atoms with Gasteiger partial charge in [-0.05, 0) is 55.4 Å². The van der Waals surface area contributed by atoms with E-state index in [9.17, 15) is 13.2 Å². The van der Waals surface area contributed by atoms with E-state index in [2.05, 4.69) is 6.92 Å². The second kappa shape index (κ2) is 9.46. The minimum absolute atomic E-state index is 0.0133. The highest BCUT2D eigenvalue weighted by Crippen LogP contribution is 2.36. The van der Waals surface area contributed by atoms with E-state index < -0.39 is 17.5 Å². The van der Waals surface area contributed by atoms with Crippen LogP contribution in [0.2, 0.25) is 0 Å². The standard InChI is InChI=1S/C23H27F3O2/c1-3-5-15-6-10-20(28-14-15)18-8-7-16(13-19(18)24)17-9-11-21(27-12-4-2)23(26)22(17)25/h7-9,11,13,15,20H,3-6,10,12,14H2,1-2H3. The first-order valence-corrected chi connectivity index (χ1v) is 10.1. The van der Waals surface area contributed by atoms with Gasteiger partial charge in [0.15, 0.2) is 11.6 Å². The van der Waals surface area contributed by atoms with Gasteiger partial charge in [-0.1, -0.05) is 32.4 Å². The van der Waals surface area contributed by atoms with Gasteiger partial charge in [-0.15, -0.1) is 0 Å². The molecule has 3 rings (SSSR count). The Morgan fingerprint density at radius 2 is 1.82 bits per heavy atom. The number of hydrogen-bond acceptors (Lipinski definition) is 2. The molecule has 5 heteroatoms. The van der Waals surface area contributed by atoms with Crippen LogP contribution in [0.15, 0.2) is 30.3 Å². The van der Waals surface area contributed by atoms with E-state index in [4.69, 9.17) is 9.47 Å². The van der Waals surface area contributed by atoms with Gasteiger partial charge in [-0.3, -0.25) is 0 Å². The molecule has 0 spiro atoms. The maximum atomic E-state index is 14.7. The molecule has 1 aliphatic rings. The molecule has 1 heterocycles. The molecule has 1 saturated heterocycles. The van der Waals surface area contributed by atoms with Crippen molar-refractivity contribution in [1.82, 2.24) is 0 Å². The van der Waals surface area contributed by atoms with E-state index >= 15 is 0 Å². The SMILES string of the molecule is CCCOc1ccc(-c2ccc(C3CCC(CCC)CO3)c(F)c2)c(F)c1F. The summed E-state index contributed by atoms with van der Waals surface area (Å²) in [4.78, 5) is 0. The van der Waals surface area contributed by atoms with Crippen molar-refractivity contribution in [2.24, 2.45) is 5.92 Å². The van der Waals surface area contributed by atoms with E-state index in [0.29, 0.717) is 36.7 Å². The Hall–Kier alpha value is -2.01. The second-order valence-electron chi connectivity index (χ2n) is 7.38. The molecule has 2 nitrogen and oxygen atoms in total. The van der Waals surface area contributed by atoms with Crippen molar-refractivity contribution in [2.75, 3.05) is 13.2 Å². The molecule has 28 heavy (non-hydrogen) atoms. The Bertz CT molecular complexity index is 799. The van der Waals surface area contributed by atoms with E-state index in [-0.39, 0.29) is 17.4 Å². The molecular weight excluding hydrogens is 365 g/mol. The highest BCUT2D eigenvalue weighted by Gasteiger charge is 2.25. The van der Waals surface area contributed by atoms with Crippen LogP contribution in [0.4, 0.5) is 13.2 Å². The predicted octanol–water partition coefficient (Wildman–Crippen LogP) is 6.83. The van der Waals surface area contributed by atoms with Gasteiger partial charge in [0.1, 0.15) is 5.82 Å². The molecule has 0 bridgehead atoms. The van der Waals surface area contributed by atoms with Gasteiger partial charge >= 0.3 is 0 Å². The first kappa shape index (κ1) is 20.7. The number of halogens is 3. The Morgan fingerprint density at radius 3 is 2.46 bits per heavy atom. The third kappa shape index (κ3) is 4.52. The highest BCUT2D eigenvalue weighted by molar-refractivity contribution is 5.66. The fourth-order valence-corrected chi connectivity index (χ4v) is 3.72. The largest absolute Gasteiger partial charge is 0.490 e. The topological polar surface area (TPSA) is 18.5 Å². The predicted molar refractivity (Wildman–Crippen MR) is 104 cm³/mol. The van der Waals surface area contributed by atoms with E-state index in [1.807, 2.05) is 6.92 Å². The summed E-state index contributed by atoms with van der Waals surface area (Å²) in [5.74, 6) is -2.13. The Morgan fingerprint density at radius 1 is 1.00 bits per heavy atom. The van der Waals surface area contributed by atoms with Crippen molar-refractivity contribution in [1.29, 1.82) is 0 Å². The lowest BCUT2D eigenvalue weighted by Crippen LogP contribution is -2.21. The van der Waals surface area contributed by atoms with Crippen molar-refractivity contribution in [2.45, 2.75) is 52.1 Å². The lowest BCUT2D eigenvalue weighted by atomic mass is 9.91. The summed E-state index contributed by atoms with van der Waals surface area (Å²) in [7, 11) is 0. The van der Waals surface area contributed by atoms with Crippen molar-refractivity contribution in [3.63, 3.8) is 0 Å². The normalized spacial score (nSPS) is 19.6. The Balaban J connectivity index is 1.78. The summed E-state index contributed by atoms with van der Waals surface area (Å²) in [5.41, 5.74) is 0.779. The minimum Gasteiger partial charge on any atom is -0.490 e. The van der Waals surface area contributed by atoms with E-state index in [0.717, 1.165) is 25.7 Å². The fraction of sp³-hybridized carbons (Fsp3) is 0.478. The fourth-order valence-electron chi connectivity index (χ4n) is 3.72. The summed E-state index contributed by atoms with van der Waals surface area (Å²) >= 11 is 0. The van der Waals surface area contributed by atoms with Crippen LogP contribution in [-0.4, -0.2) is 13.2 Å². The van der Waals surface area contributed by atoms with Crippen molar-refractivity contribution >= 4 is 0 Å². The zero-order valence-electron chi connectivity index (χ0n) is 16.4. The maximum absolute atomic E-state index is 14.7. The van der Waals surface area contributed by atoms with Crippen LogP contribution in [0.3, 0.4) is 0 Å². The summed E-state index contributed by atoms with van der Waals surface area (Å²) in [5, 5.41) is 0. The van der Waals surface area contributed by atoms with Crippen LogP contribution < -0.4 is 4.74 Å². The van der Waals surface area contributed by atoms with Crippen LogP contribution in [0, 0.1) is 23.4 Å². The lowest BCUT2D eigenvalue weighted by molar-refractivity contribution is -0.0211. The smallest absolute Gasteiger partial charge is 0.201 e. The average Bonchev–Trinajstić information content (AvgIpc) is 2.70. The monoisotopic (exact) mass is 392 g/mol. The summed E-state index contributed by atoms with van der Waals surface area (Å²) in [6.45, 7) is 4.97. The molecule has 2 aromatic carbocycles. The first-order valence-electron chi connectivity index (χ1n) is 10.1. The Labute approximate surface area is 164 Å². The quantitative estimate of drug-likeness (QED) is 0.514. The summed E-state index contributed by atoms with van der Waals surface area (Å²) in [6.07, 6.45) is 4.43. The molecule has 1 fully saturated rings. The second-order valence-corrected chi connectivity index (χ2v) is 7.38. The number of hydrogen-bond donors (Lipinski definition) is 0. The van der Waals surface area contributed by atoms with Crippen molar-refractivity contribution in [3.8, 4) is 16.9 Å². The molecule has 0 N–H and O–H groups in total. The van der Waals surface area contributed by atoms with Crippen molar-refractivity contribution in [3.05, 3.63) is 53.3 Å². The lowest BCUT2D eigenvalue weighted by Gasteiger charge is -2.29. The molecule has 0 aromatic heterocycles. The first-order chi connectivity index (χ1) is 13.5. The molecule has 0 radical (unpaired) electrons. The minimum atomic E-state index is -1.05. The van der Waals surface area contributed by atoms with E-state index in [1.165, 1.54) is 18.2 Å². The Kier molecular flexibility index (Phi) is 7.00. The van der Waals surface area contributed by atoms with Gasteiger partial charge in [0, 0.05) is 11.1 Å². The van der Waals surface area contributed by atoms with Crippen LogP contribution >= 0.6 is 0 Å². The summed E-state index contributed by atoms with van der Waals surface area (Å²) < 4.78 is 54.5. The third-order valence-corrected chi connectivity index (χ3v) is 5.23. The van der Waals surface area contributed by atoms with E-state index in [1.54, 1.807) is 12.1 Å². The number of benzene rings is 2. The van der Waals surface area contributed by atoms with Gasteiger partial charge in [0.2, 0.25) is 5.82 Å². The molecule has 152 valence electrons. The van der Waals surface area contributed by atoms with Crippen LogP contribution in [0.25, 0.3) is 11.1 Å². The molecule has 1 aliphatic heterocycles. The molecule has 2 atom stereocenters. The molecule has 0 saturated carbocycles. The number of ether oxygens (including phenoxy) is 2. The van der Waals surface area contributed by atoms with Gasteiger partial charge in [-0.2, -0.15) is 4.39 Å². The van der Waals surface area contributed by atoms with Gasteiger partial charge in [0.05, 0.1) is 19.3 Å². The van der Waals surface area contributed by atoms with Gasteiger partial charge in [-0.25, -0.2) is 8.78 Å². The molecular formula is C23H27F3O2. The van der Waals surface area contributed by atoms with Crippen LogP contribution in [-0.2, 0) is 4.74 Å². The zero-order chi connectivity index (χ0) is 20.1. The zero-order valence-corrected chi connectivity index (χ0v) is 16.4. The van der Waals surface area contributed by atoms with Gasteiger partial charge < -0.3 is 9.47 Å². The van der Waals surface area contributed by atoms with Gasteiger partial charge in [0.25, 0.3) is 0 Å². The maximum Gasteiger partial charge on any atom is 0.201 e. The molecule has 0 amide bonds. The highest BCUT2D eigenvalue weighted by atomic mass is 19.2. The summed E-state index contributed by atoms with van der Waals surface area (Å²) in [6, 6.07) is 7.29. The molecule has 2 aromatic rings. The van der Waals surface area contributed by atoms with Crippen LogP contribution in [0.5, 0.6) is 5.75 Å². The van der Waals surface area contributed by atoms with Crippen LogP contribution in [0.1, 0.15) is 57.6 Å². The molecule has 2 unspecified atom stereocenters. The third-order valence-electron chi connectivity index (χ3n) is 5.23. The molecule has 0 aliphatic carbocycles.